The van der Waals surface area contributed by atoms with E-state index in [1.165, 1.54) is 12.1 Å². The second kappa shape index (κ2) is 6.95. The van der Waals surface area contributed by atoms with E-state index >= 15 is 0 Å². The molecule has 6 nitrogen and oxygen atoms in total. The van der Waals surface area contributed by atoms with Gasteiger partial charge in [-0.1, -0.05) is 19.1 Å². The van der Waals surface area contributed by atoms with Crippen molar-refractivity contribution in [2.75, 3.05) is 6.54 Å². The van der Waals surface area contributed by atoms with Crippen molar-refractivity contribution in [3.8, 4) is 0 Å². The molecule has 0 fully saturated rings. The third-order valence-electron chi connectivity index (χ3n) is 3.76. The van der Waals surface area contributed by atoms with Gasteiger partial charge in [-0.3, -0.25) is 10.1 Å². The number of nitro benzene ring substituents is 1. The van der Waals surface area contributed by atoms with E-state index in [2.05, 4.69) is 10.3 Å². The molecule has 1 heterocycles. The van der Waals surface area contributed by atoms with E-state index < -0.39 is 11.0 Å². The topological polar surface area (TPSA) is 88.3 Å². The predicted octanol–water partition coefficient (Wildman–Crippen LogP) is 3.00. The van der Waals surface area contributed by atoms with Crippen LogP contribution in [0.1, 0.15) is 36.9 Å². The molecule has 0 amide bonds. The number of nitrogens with one attached hydrogen (secondary N) is 1. The summed E-state index contributed by atoms with van der Waals surface area (Å²) >= 11 is 1.56. The van der Waals surface area contributed by atoms with Crippen molar-refractivity contribution in [2.24, 2.45) is 0 Å². The number of rotatable bonds is 7. The van der Waals surface area contributed by atoms with E-state index in [0.717, 1.165) is 11.4 Å². The van der Waals surface area contributed by atoms with Gasteiger partial charge in [0.15, 0.2) is 0 Å². The number of hydrogen-bond acceptors (Lipinski definition) is 6. The van der Waals surface area contributed by atoms with Gasteiger partial charge < -0.3 is 10.4 Å². The van der Waals surface area contributed by atoms with Crippen molar-refractivity contribution in [1.29, 1.82) is 0 Å². The molecule has 0 spiro atoms. The minimum atomic E-state index is -0.814. The molecule has 2 atom stereocenters. The Morgan fingerprint density at radius 3 is 2.91 bits per heavy atom. The van der Waals surface area contributed by atoms with Crippen LogP contribution in [0.4, 0.5) is 5.69 Å². The molecule has 7 heteroatoms. The van der Waals surface area contributed by atoms with Gasteiger partial charge in [-0.05, 0) is 18.9 Å². The van der Waals surface area contributed by atoms with Gasteiger partial charge in [0.25, 0.3) is 5.69 Å². The van der Waals surface area contributed by atoms with E-state index in [-0.39, 0.29) is 11.2 Å². The van der Waals surface area contributed by atoms with E-state index in [1.54, 1.807) is 29.7 Å². The molecule has 2 N–H and O–H groups in total. The van der Waals surface area contributed by atoms with E-state index in [9.17, 15) is 15.2 Å². The van der Waals surface area contributed by atoms with E-state index in [0.29, 0.717) is 12.1 Å². The molecule has 0 bridgehead atoms. The quantitative estimate of drug-likeness (QED) is 0.604. The minimum absolute atomic E-state index is 0.0188. The lowest BCUT2D eigenvalue weighted by atomic mass is 9.99. The van der Waals surface area contributed by atoms with Gasteiger partial charge >= 0.3 is 0 Å². The first-order chi connectivity index (χ1) is 10.5. The zero-order valence-corrected chi connectivity index (χ0v) is 13.3. The summed E-state index contributed by atoms with van der Waals surface area (Å²) in [7, 11) is 0. The molecule has 0 saturated heterocycles. The van der Waals surface area contributed by atoms with E-state index in [1.807, 2.05) is 19.2 Å². The summed E-state index contributed by atoms with van der Waals surface area (Å²) < 4.78 is 0. The third kappa shape index (κ3) is 3.68. The fraction of sp³-hybridized carbons (Fsp3) is 0.400. The summed E-state index contributed by atoms with van der Waals surface area (Å²) in [4.78, 5) is 14.7. The van der Waals surface area contributed by atoms with Gasteiger partial charge in [-0.15, -0.1) is 11.3 Å². The fourth-order valence-electron chi connectivity index (χ4n) is 2.13. The van der Waals surface area contributed by atoms with Gasteiger partial charge in [0.2, 0.25) is 0 Å². The van der Waals surface area contributed by atoms with Gasteiger partial charge in [-0.2, -0.15) is 0 Å². The summed E-state index contributed by atoms with van der Waals surface area (Å²) in [5.74, 6) is 0. The first kappa shape index (κ1) is 16.5. The van der Waals surface area contributed by atoms with Gasteiger partial charge in [-0.25, -0.2) is 4.98 Å². The standard InChI is InChI=1S/C15H19N3O3S/c1-3-15(2,14-16-7-8-22-14)17-10-13(19)11-5-4-6-12(9-11)18(20)21/h4-9,13,17,19H,3,10H2,1-2H3. The second-order valence-electron chi connectivity index (χ2n) is 5.27. The van der Waals surface area contributed by atoms with Crippen LogP contribution in [0.15, 0.2) is 35.8 Å². The maximum atomic E-state index is 10.8. The normalized spacial score (nSPS) is 15.2. The Balaban J connectivity index is 2.07. The van der Waals surface area contributed by atoms with Crippen molar-refractivity contribution >= 4 is 17.0 Å². The van der Waals surface area contributed by atoms with Crippen LogP contribution < -0.4 is 5.32 Å². The van der Waals surface area contributed by atoms with Crippen LogP contribution in [0, 0.1) is 10.1 Å². The maximum Gasteiger partial charge on any atom is 0.269 e. The maximum absolute atomic E-state index is 10.8. The lowest BCUT2D eigenvalue weighted by Gasteiger charge is -2.29. The predicted molar refractivity (Wildman–Crippen MR) is 85.8 cm³/mol. The summed E-state index contributed by atoms with van der Waals surface area (Å²) in [6.07, 6.45) is 1.76. The average molecular weight is 321 g/mol. The Labute approximate surface area is 133 Å². The molecule has 22 heavy (non-hydrogen) atoms. The Morgan fingerprint density at radius 2 is 2.32 bits per heavy atom. The van der Waals surface area contributed by atoms with Crippen LogP contribution in [-0.2, 0) is 5.54 Å². The number of hydrogen-bond donors (Lipinski definition) is 2. The molecule has 0 aliphatic rings. The number of aromatic nitrogens is 1. The highest BCUT2D eigenvalue weighted by Crippen LogP contribution is 2.27. The minimum Gasteiger partial charge on any atom is -0.387 e. The Morgan fingerprint density at radius 1 is 1.55 bits per heavy atom. The monoisotopic (exact) mass is 321 g/mol. The molecule has 2 unspecified atom stereocenters. The number of nitrogens with zero attached hydrogens (tertiary/aromatic N) is 2. The van der Waals surface area contributed by atoms with Crippen LogP contribution in [-0.4, -0.2) is 21.6 Å². The van der Waals surface area contributed by atoms with Gasteiger partial charge in [0, 0.05) is 30.3 Å². The molecule has 118 valence electrons. The van der Waals surface area contributed by atoms with Crippen LogP contribution >= 0.6 is 11.3 Å². The summed E-state index contributed by atoms with van der Waals surface area (Å²) in [6, 6.07) is 6.08. The van der Waals surface area contributed by atoms with Crippen molar-refractivity contribution < 1.29 is 10.0 Å². The molecular formula is C15H19N3O3S. The number of nitro groups is 1. The van der Waals surface area contributed by atoms with Gasteiger partial charge in [0.1, 0.15) is 5.01 Å². The molecule has 0 saturated carbocycles. The lowest BCUT2D eigenvalue weighted by molar-refractivity contribution is -0.385. The lowest BCUT2D eigenvalue weighted by Crippen LogP contribution is -2.41. The molecule has 2 rings (SSSR count). The zero-order chi connectivity index (χ0) is 16.2. The Bertz CT molecular complexity index is 633. The molecule has 0 aliphatic carbocycles. The number of aliphatic hydroxyl groups excluding tert-OH is 1. The molecule has 0 radical (unpaired) electrons. The largest absolute Gasteiger partial charge is 0.387 e. The molecule has 1 aromatic carbocycles. The van der Waals surface area contributed by atoms with Gasteiger partial charge in [0.05, 0.1) is 16.6 Å². The zero-order valence-electron chi connectivity index (χ0n) is 12.5. The summed E-state index contributed by atoms with van der Waals surface area (Å²) in [5.41, 5.74) is 0.185. The summed E-state index contributed by atoms with van der Waals surface area (Å²) in [5, 5.41) is 27.3. The van der Waals surface area contributed by atoms with E-state index in [4.69, 9.17) is 0 Å². The smallest absolute Gasteiger partial charge is 0.269 e. The van der Waals surface area contributed by atoms with Crippen molar-refractivity contribution in [3.63, 3.8) is 0 Å². The Hall–Kier alpha value is -1.83. The third-order valence-corrected chi connectivity index (χ3v) is 4.80. The second-order valence-corrected chi connectivity index (χ2v) is 6.17. The van der Waals surface area contributed by atoms with Crippen LogP contribution in [0.25, 0.3) is 0 Å². The summed E-state index contributed by atoms with van der Waals surface area (Å²) in [6.45, 7) is 4.38. The Kier molecular flexibility index (Phi) is 5.23. The molecule has 0 aliphatic heterocycles. The molecule has 1 aromatic heterocycles. The first-order valence-corrected chi connectivity index (χ1v) is 7.91. The average Bonchev–Trinajstić information content (AvgIpc) is 3.07. The van der Waals surface area contributed by atoms with Crippen LogP contribution in [0.3, 0.4) is 0 Å². The van der Waals surface area contributed by atoms with Crippen LogP contribution in [0.2, 0.25) is 0 Å². The fourth-order valence-corrected chi connectivity index (χ4v) is 2.98. The van der Waals surface area contributed by atoms with Crippen LogP contribution in [0.5, 0.6) is 0 Å². The van der Waals surface area contributed by atoms with Crippen molar-refractivity contribution in [1.82, 2.24) is 10.3 Å². The number of non-ortho nitro benzene ring substituents is 1. The highest BCUT2D eigenvalue weighted by molar-refractivity contribution is 7.09. The SMILES string of the molecule is CCC(C)(NCC(O)c1cccc([N+](=O)[O-])c1)c1nccs1. The first-order valence-electron chi connectivity index (χ1n) is 7.03. The van der Waals surface area contributed by atoms with Crippen molar-refractivity contribution in [2.45, 2.75) is 31.9 Å². The molecular weight excluding hydrogens is 302 g/mol. The van der Waals surface area contributed by atoms with Crippen molar-refractivity contribution in [3.05, 3.63) is 56.5 Å². The highest BCUT2D eigenvalue weighted by Gasteiger charge is 2.27. The number of benzene rings is 1. The number of thiazole rings is 1. The molecule has 2 aromatic rings. The highest BCUT2D eigenvalue weighted by atomic mass is 32.1. The number of aliphatic hydroxyl groups is 1.